The molecule has 1 N–H and O–H groups in total. The second kappa shape index (κ2) is 8.87. The Kier molecular flexibility index (Phi) is 6.25. The van der Waals surface area contributed by atoms with Crippen molar-refractivity contribution >= 4 is 6.09 Å². The van der Waals surface area contributed by atoms with Gasteiger partial charge in [-0.1, -0.05) is 42.2 Å². The average molecular weight is 320 g/mol. The van der Waals surface area contributed by atoms with E-state index >= 15 is 0 Å². The first-order valence-corrected chi connectivity index (χ1v) is 7.24. The van der Waals surface area contributed by atoms with Gasteiger partial charge in [-0.3, -0.25) is 0 Å². The number of hydrogen-bond donors (Lipinski definition) is 1. The van der Waals surface area contributed by atoms with Crippen molar-refractivity contribution in [3.8, 4) is 23.7 Å². The van der Waals surface area contributed by atoms with Gasteiger partial charge in [-0.05, 0) is 23.8 Å². The van der Waals surface area contributed by atoms with Crippen LogP contribution in [0.5, 0.6) is 5.75 Å². The Labute approximate surface area is 140 Å². The summed E-state index contributed by atoms with van der Waals surface area (Å²) in [7, 11) is 1.50. The molecule has 2 rings (SSSR count). The van der Waals surface area contributed by atoms with Crippen LogP contribution in [-0.4, -0.2) is 19.7 Å². The number of carbonyl (C=O) groups is 1. The highest BCUT2D eigenvalue weighted by Crippen LogP contribution is 2.18. The van der Waals surface area contributed by atoms with Crippen molar-refractivity contribution in [2.45, 2.75) is 6.61 Å². The lowest BCUT2D eigenvalue weighted by atomic mass is 10.1. The molecule has 2 aromatic rings. The van der Waals surface area contributed by atoms with Gasteiger partial charge in [0, 0.05) is 5.56 Å². The van der Waals surface area contributed by atoms with Gasteiger partial charge in [-0.2, -0.15) is 5.26 Å². The Bertz CT molecular complexity index is 799. The van der Waals surface area contributed by atoms with E-state index < -0.39 is 6.09 Å². The smallest absolute Gasteiger partial charge is 0.408 e. The van der Waals surface area contributed by atoms with Crippen molar-refractivity contribution in [3.63, 3.8) is 0 Å². The zero-order chi connectivity index (χ0) is 17.2. The summed E-state index contributed by atoms with van der Waals surface area (Å²) in [5.41, 5.74) is 2.07. The molecule has 0 saturated carbocycles. The van der Waals surface area contributed by atoms with Crippen LogP contribution in [0.25, 0.3) is 0 Å². The number of nitrogens with one attached hydrogen (secondary N) is 1. The number of benzene rings is 2. The number of rotatable bonds is 4. The van der Waals surface area contributed by atoms with Gasteiger partial charge in [-0.25, -0.2) is 4.79 Å². The maximum atomic E-state index is 11.6. The van der Waals surface area contributed by atoms with Gasteiger partial charge >= 0.3 is 6.09 Å². The van der Waals surface area contributed by atoms with E-state index in [1.54, 1.807) is 18.2 Å². The van der Waals surface area contributed by atoms with Crippen molar-refractivity contribution in [1.29, 1.82) is 5.26 Å². The van der Waals surface area contributed by atoms with Crippen LogP contribution in [0.2, 0.25) is 0 Å². The quantitative estimate of drug-likeness (QED) is 0.879. The van der Waals surface area contributed by atoms with Crippen LogP contribution in [0.3, 0.4) is 0 Å². The number of ether oxygens (including phenoxy) is 2. The van der Waals surface area contributed by atoms with E-state index in [0.717, 1.165) is 5.56 Å². The van der Waals surface area contributed by atoms with Gasteiger partial charge in [0.1, 0.15) is 18.4 Å². The summed E-state index contributed by atoms with van der Waals surface area (Å²) in [6, 6.07) is 16.5. The van der Waals surface area contributed by atoms with E-state index in [-0.39, 0.29) is 13.2 Å². The summed E-state index contributed by atoms with van der Waals surface area (Å²) in [4.78, 5) is 11.6. The third-order valence-electron chi connectivity index (χ3n) is 3.09. The first kappa shape index (κ1) is 16.9. The van der Waals surface area contributed by atoms with Crippen molar-refractivity contribution in [2.24, 2.45) is 0 Å². The zero-order valence-electron chi connectivity index (χ0n) is 13.2. The van der Waals surface area contributed by atoms with Crippen molar-refractivity contribution in [3.05, 3.63) is 65.2 Å². The number of hydrogen-bond acceptors (Lipinski definition) is 4. The van der Waals surface area contributed by atoms with Crippen molar-refractivity contribution < 1.29 is 14.3 Å². The molecule has 0 aromatic heterocycles. The van der Waals surface area contributed by atoms with Gasteiger partial charge in [0.25, 0.3) is 0 Å². The lowest BCUT2D eigenvalue weighted by molar-refractivity contribution is 0.141. The molecule has 5 nitrogen and oxygen atoms in total. The number of methoxy groups -OCH3 is 1. The number of amides is 1. The second-order valence-corrected chi connectivity index (χ2v) is 4.74. The Morgan fingerprint density at radius 1 is 1.21 bits per heavy atom. The molecular weight excluding hydrogens is 304 g/mol. The van der Waals surface area contributed by atoms with E-state index in [1.807, 2.05) is 36.4 Å². The summed E-state index contributed by atoms with van der Waals surface area (Å²) in [6.45, 7) is 0.378. The van der Waals surface area contributed by atoms with E-state index in [1.165, 1.54) is 7.11 Å². The van der Waals surface area contributed by atoms with Gasteiger partial charge < -0.3 is 14.8 Å². The van der Waals surface area contributed by atoms with E-state index in [2.05, 4.69) is 17.2 Å². The number of nitrogens with zero attached hydrogens (tertiary/aromatic N) is 1. The monoisotopic (exact) mass is 320 g/mol. The Hall–Kier alpha value is -3.44. The molecule has 120 valence electrons. The molecule has 0 bridgehead atoms. The lowest BCUT2D eigenvalue weighted by Crippen LogP contribution is -2.24. The fraction of sp³-hybridized carbons (Fsp3) is 0.158. The largest absolute Gasteiger partial charge is 0.495 e. The van der Waals surface area contributed by atoms with E-state index in [9.17, 15) is 4.79 Å². The minimum atomic E-state index is -0.523. The summed E-state index contributed by atoms with van der Waals surface area (Å²) >= 11 is 0. The van der Waals surface area contributed by atoms with Gasteiger partial charge in [0.2, 0.25) is 0 Å². The van der Waals surface area contributed by atoms with E-state index in [0.29, 0.717) is 16.9 Å². The molecule has 0 radical (unpaired) electrons. The highest BCUT2D eigenvalue weighted by atomic mass is 16.5. The minimum Gasteiger partial charge on any atom is -0.495 e. The van der Waals surface area contributed by atoms with Crippen LogP contribution in [0.15, 0.2) is 48.5 Å². The van der Waals surface area contributed by atoms with Crippen LogP contribution in [0.1, 0.15) is 16.7 Å². The molecule has 0 spiro atoms. The molecule has 0 atom stereocenters. The molecular formula is C19H16N2O3. The van der Waals surface area contributed by atoms with Gasteiger partial charge in [0.15, 0.2) is 0 Å². The number of carbonyl (C=O) groups excluding carboxylic acids is 1. The molecule has 2 aromatic carbocycles. The predicted molar refractivity (Wildman–Crippen MR) is 89.2 cm³/mol. The van der Waals surface area contributed by atoms with Crippen LogP contribution >= 0.6 is 0 Å². The topological polar surface area (TPSA) is 71.3 Å². The molecule has 1 amide bonds. The van der Waals surface area contributed by atoms with Gasteiger partial charge in [0.05, 0.1) is 19.2 Å². The fourth-order valence-corrected chi connectivity index (χ4v) is 1.90. The van der Waals surface area contributed by atoms with Crippen LogP contribution in [0, 0.1) is 23.2 Å². The fourth-order valence-electron chi connectivity index (χ4n) is 1.90. The normalized spacial score (nSPS) is 9.17. The predicted octanol–water partition coefficient (Wildman–Crippen LogP) is 2.84. The second-order valence-electron chi connectivity index (χ2n) is 4.74. The summed E-state index contributed by atoms with van der Waals surface area (Å²) < 4.78 is 10.2. The molecule has 24 heavy (non-hydrogen) atoms. The number of nitriles is 1. The molecule has 0 unspecified atom stereocenters. The number of alkyl carbamates (subject to hydrolysis) is 1. The maximum Gasteiger partial charge on any atom is 0.408 e. The first-order valence-electron chi connectivity index (χ1n) is 7.24. The van der Waals surface area contributed by atoms with Crippen molar-refractivity contribution in [2.75, 3.05) is 13.7 Å². The molecule has 0 fully saturated rings. The van der Waals surface area contributed by atoms with E-state index in [4.69, 9.17) is 14.7 Å². The van der Waals surface area contributed by atoms with Crippen molar-refractivity contribution in [1.82, 2.24) is 5.32 Å². The Balaban J connectivity index is 1.81. The zero-order valence-corrected chi connectivity index (χ0v) is 13.2. The van der Waals surface area contributed by atoms with Crippen LogP contribution < -0.4 is 10.1 Å². The lowest BCUT2D eigenvalue weighted by Gasteiger charge is -2.04. The molecule has 0 aliphatic carbocycles. The summed E-state index contributed by atoms with van der Waals surface area (Å²) in [5.74, 6) is 6.18. The Morgan fingerprint density at radius 2 is 2.00 bits per heavy atom. The first-order chi connectivity index (χ1) is 11.7. The molecule has 0 saturated heterocycles. The Morgan fingerprint density at radius 3 is 2.71 bits per heavy atom. The average Bonchev–Trinajstić information content (AvgIpc) is 2.64. The molecule has 0 aliphatic rings. The molecule has 5 heteroatoms. The molecule has 0 aliphatic heterocycles. The summed E-state index contributed by atoms with van der Waals surface area (Å²) in [5, 5.41) is 11.5. The van der Waals surface area contributed by atoms with Gasteiger partial charge in [-0.15, -0.1) is 0 Å². The van der Waals surface area contributed by atoms with Crippen LogP contribution in [0.4, 0.5) is 4.79 Å². The standard InChI is InChI=1S/C19H16N2O3/c1-23-18-12-15(9-10-17(18)13-20)8-5-11-21-19(22)24-14-16-6-3-2-4-7-16/h2-4,6-7,9-10,12H,11,14H2,1H3,(H,21,22). The third-order valence-corrected chi connectivity index (χ3v) is 3.09. The third kappa shape index (κ3) is 5.08. The molecule has 0 heterocycles. The maximum absolute atomic E-state index is 11.6. The summed E-state index contributed by atoms with van der Waals surface area (Å²) in [6.07, 6.45) is -0.523. The minimum absolute atomic E-state index is 0.163. The SMILES string of the molecule is COc1cc(C#CCNC(=O)OCc2ccccc2)ccc1C#N. The highest BCUT2D eigenvalue weighted by Gasteiger charge is 2.02. The highest BCUT2D eigenvalue weighted by molar-refractivity contribution is 5.67. The van der Waals surface area contributed by atoms with Crippen LogP contribution in [-0.2, 0) is 11.3 Å².